The third-order valence-corrected chi connectivity index (χ3v) is 1.87. The number of nitrogens with two attached hydrogens (primary N) is 1. The summed E-state index contributed by atoms with van der Waals surface area (Å²) in [6, 6.07) is 0. The lowest BCUT2D eigenvalue weighted by atomic mass is 10.1. The minimum absolute atomic E-state index is 0.504. The van der Waals surface area contributed by atoms with Crippen LogP contribution in [0.5, 0.6) is 0 Å². The average molecular weight is 173 g/mol. The normalized spacial score (nSPS) is 13.8. The Bertz CT molecular complexity index is 93.8. The molecule has 0 amide bonds. The zero-order chi connectivity index (χ0) is 9.40. The van der Waals surface area contributed by atoms with Crippen molar-refractivity contribution in [3.8, 4) is 0 Å². The summed E-state index contributed by atoms with van der Waals surface area (Å²) in [4.78, 5) is 0. The molecule has 0 heterocycles. The Hall–Kier alpha value is -0.0800. The molecule has 0 rings (SSSR count). The van der Waals surface area contributed by atoms with Gasteiger partial charge in [0.2, 0.25) is 0 Å². The number of rotatable bonds is 7. The molecule has 0 aromatic carbocycles. The van der Waals surface area contributed by atoms with Crippen molar-refractivity contribution >= 4 is 0 Å². The van der Waals surface area contributed by atoms with Gasteiger partial charge < -0.3 is 10.5 Å². The minimum Gasteiger partial charge on any atom is -0.381 e. The second-order valence-corrected chi connectivity index (χ2v) is 3.95. The lowest BCUT2D eigenvalue weighted by Gasteiger charge is -2.09. The molecule has 0 aliphatic carbocycles. The molecule has 1 unspecified atom stereocenters. The molecule has 0 aliphatic rings. The van der Waals surface area contributed by atoms with Gasteiger partial charge in [-0.1, -0.05) is 20.8 Å². The maximum Gasteiger partial charge on any atom is 0.0503 e. The first-order valence-electron chi connectivity index (χ1n) is 4.94. The van der Waals surface area contributed by atoms with E-state index in [2.05, 4.69) is 20.8 Å². The van der Waals surface area contributed by atoms with E-state index in [0.717, 1.165) is 25.7 Å². The van der Waals surface area contributed by atoms with E-state index in [4.69, 9.17) is 10.5 Å². The summed E-state index contributed by atoms with van der Waals surface area (Å²) in [6.45, 7) is 9.02. The summed E-state index contributed by atoms with van der Waals surface area (Å²) in [5, 5.41) is 0. The molecule has 0 saturated carbocycles. The Kier molecular flexibility index (Phi) is 7.51. The van der Waals surface area contributed by atoms with Gasteiger partial charge in [-0.3, -0.25) is 0 Å². The van der Waals surface area contributed by atoms with Gasteiger partial charge in [0, 0.05) is 6.61 Å². The van der Waals surface area contributed by atoms with Crippen LogP contribution in [0.15, 0.2) is 0 Å². The predicted molar refractivity (Wildman–Crippen MR) is 53.1 cm³/mol. The average Bonchev–Trinajstić information content (AvgIpc) is 2.03. The van der Waals surface area contributed by atoms with Gasteiger partial charge in [0.25, 0.3) is 0 Å². The first-order chi connectivity index (χ1) is 5.66. The first kappa shape index (κ1) is 11.9. The minimum atomic E-state index is 0.504. The molecule has 12 heavy (non-hydrogen) atoms. The van der Waals surface area contributed by atoms with Gasteiger partial charge in [0.15, 0.2) is 0 Å². The molecule has 2 heteroatoms. The van der Waals surface area contributed by atoms with Crippen molar-refractivity contribution in [2.24, 2.45) is 17.6 Å². The second-order valence-electron chi connectivity index (χ2n) is 3.95. The van der Waals surface area contributed by atoms with Crippen molar-refractivity contribution in [1.29, 1.82) is 0 Å². The highest BCUT2D eigenvalue weighted by atomic mass is 16.5. The van der Waals surface area contributed by atoms with Crippen molar-refractivity contribution in [2.75, 3.05) is 19.8 Å². The van der Waals surface area contributed by atoms with Crippen LogP contribution in [0.4, 0.5) is 0 Å². The molecule has 2 N–H and O–H groups in total. The highest BCUT2D eigenvalue weighted by Gasteiger charge is 1.98. The molecule has 0 aromatic rings. The number of ether oxygens (including phenoxy) is 1. The molecule has 0 bridgehead atoms. The van der Waals surface area contributed by atoms with Gasteiger partial charge in [0.1, 0.15) is 0 Å². The van der Waals surface area contributed by atoms with Crippen LogP contribution < -0.4 is 5.73 Å². The second kappa shape index (κ2) is 7.56. The summed E-state index contributed by atoms with van der Waals surface area (Å²) >= 11 is 0. The summed E-state index contributed by atoms with van der Waals surface area (Å²) in [6.07, 6.45) is 2.44. The van der Waals surface area contributed by atoms with E-state index in [-0.39, 0.29) is 0 Å². The monoisotopic (exact) mass is 173 g/mol. The molecule has 0 fully saturated rings. The molecule has 0 radical (unpaired) electrons. The first-order valence-corrected chi connectivity index (χ1v) is 4.94. The highest BCUT2D eigenvalue weighted by molar-refractivity contribution is 4.50. The van der Waals surface area contributed by atoms with E-state index in [1.165, 1.54) is 12.8 Å². The fraction of sp³-hybridized carbons (Fsp3) is 1.00. The Labute approximate surface area is 76.5 Å². The van der Waals surface area contributed by atoms with E-state index >= 15 is 0 Å². The molecule has 1 atom stereocenters. The third-order valence-electron chi connectivity index (χ3n) is 1.87. The van der Waals surface area contributed by atoms with Gasteiger partial charge in [-0.05, 0) is 31.2 Å². The predicted octanol–water partition coefficient (Wildman–Crippen LogP) is 2.03. The Morgan fingerprint density at radius 3 is 2.42 bits per heavy atom. The van der Waals surface area contributed by atoms with Crippen LogP contribution >= 0.6 is 0 Å². The number of hydrogen-bond acceptors (Lipinski definition) is 2. The van der Waals surface area contributed by atoms with Crippen molar-refractivity contribution in [1.82, 2.24) is 0 Å². The van der Waals surface area contributed by atoms with Crippen molar-refractivity contribution in [3.63, 3.8) is 0 Å². The summed E-state index contributed by atoms with van der Waals surface area (Å²) in [7, 11) is 0. The standard InChI is InChI=1S/C10H23NO/c1-9(2)5-4-6-12-8-10(3)7-11/h9-10H,4-8,11H2,1-3H3. The van der Waals surface area contributed by atoms with Crippen molar-refractivity contribution in [2.45, 2.75) is 33.6 Å². The molecular weight excluding hydrogens is 150 g/mol. The van der Waals surface area contributed by atoms with Crippen LogP contribution in [0, 0.1) is 11.8 Å². The lowest BCUT2D eigenvalue weighted by Crippen LogP contribution is -2.16. The number of hydrogen-bond donors (Lipinski definition) is 1. The van der Waals surface area contributed by atoms with Crippen LogP contribution in [0.2, 0.25) is 0 Å². The fourth-order valence-corrected chi connectivity index (χ4v) is 0.946. The quantitative estimate of drug-likeness (QED) is 0.598. The molecule has 2 nitrogen and oxygen atoms in total. The van der Waals surface area contributed by atoms with Crippen molar-refractivity contribution in [3.05, 3.63) is 0 Å². The van der Waals surface area contributed by atoms with Gasteiger partial charge in [-0.15, -0.1) is 0 Å². The van der Waals surface area contributed by atoms with Crippen LogP contribution in [0.3, 0.4) is 0 Å². The molecule has 0 spiro atoms. The maximum absolute atomic E-state index is 5.46. The zero-order valence-electron chi connectivity index (χ0n) is 8.68. The van der Waals surface area contributed by atoms with Gasteiger partial charge in [-0.2, -0.15) is 0 Å². The maximum atomic E-state index is 5.46. The van der Waals surface area contributed by atoms with Gasteiger partial charge in [-0.25, -0.2) is 0 Å². The van der Waals surface area contributed by atoms with E-state index in [0.29, 0.717) is 5.92 Å². The lowest BCUT2D eigenvalue weighted by molar-refractivity contribution is 0.102. The van der Waals surface area contributed by atoms with Gasteiger partial charge in [0.05, 0.1) is 6.61 Å². The summed E-state index contributed by atoms with van der Waals surface area (Å²) in [5.41, 5.74) is 5.45. The van der Waals surface area contributed by atoms with Crippen LogP contribution in [-0.2, 0) is 4.74 Å². The van der Waals surface area contributed by atoms with E-state index in [1.807, 2.05) is 0 Å². The van der Waals surface area contributed by atoms with Crippen LogP contribution in [-0.4, -0.2) is 19.8 Å². The highest BCUT2D eigenvalue weighted by Crippen LogP contribution is 2.03. The zero-order valence-corrected chi connectivity index (χ0v) is 8.68. The van der Waals surface area contributed by atoms with E-state index < -0.39 is 0 Å². The Morgan fingerprint density at radius 1 is 1.25 bits per heavy atom. The van der Waals surface area contributed by atoms with Crippen LogP contribution in [0.25, 0.3) is 0 Å². The molecule has 0 aliphatic heterocycles. The van der Waals surface area contributed by atoms with E-state index in [9.17, 15) is 0 Å². The third kappa shape index (κ3) is 8.02. The molecule has 74 valence electrons. The molecule has 0 saturated heterocycles. The smallest absolute Gasteiger partial charge is 0.0503 e. The molecular formula is C10H23NO. The topological polar surface area (TPSA) is 35.2 Å². The summed E-state index contributed by atoms with van der Waals surface area (Å²) in [5.74, 6) is 1.30. The van der Waals surface area contributed by atoms with Crippen LogP contribution in [0.1, 0.15) is 33.6 Å². The SMILES string of the molecule is CC(C)CCCOCC(C)CN. The summed E-state index contributed by atoms with van der Waals surface area (Å²) < 4.78 is 5.46. The Morgan fingerprint density at radius 2 is 1.92 bits per heavy atom. The largest absolute Gasteiger partial charge is 0.381 e. The van der Waals surface area contributed by atoms with E-state index in [1.54, 1.807) is 0 Å². The van der Waals surface area contributed by atoms with Gasteiger partial charge >= 0.3 is 0 Å². The molecule has 0 aromatic heterocycles. The van der Waals surface area contributed by atoms with Crippen molar-refractivity contribution < 1.29 is 4.74 Å². The fourth-order valence-electron chi connectivity index (χ4n) is 0.946. The Balaban J connectivity index is 3.00.